The third kappa shape index (κ3) is 3.67. The molecule has 15 heavy (non-hydrogen) atoms. The van der Waals surface area contributed by atoms with E-state index in [2.05, 4.69) is 6.92 Å². The van der Waals surface area contributed by atoms with Crippen molar-refractivity contribution < 1.29 is 4.79 Å². The molecule has 0 amide bonds. The molecule has 0 aromatic heterocycles. The van der Waals surface area contributed by atoms with Crippen LogP contribution in [0.2, 0.25) is 5.02 Å². The summed E-state index contributed by atoms with van der Waals surface area (Å²) in [6.07, 6.45) is 2.19. The lowest BCUT2D eigenvalue weighted by atomic mass is 9.94. The maximum absolute atomic E-state index is 11.5. The van der Waals surface area contributed by atoms with Gasteiger partial charge in [0, 0.05) is 17.9 Å². The molecular weight excluding hydrogens is 208 g/mol. The molecule has 0 saturated carbocycles. The van der Waals surface area contributed by atoms with Crippen LogP contribution in [0.25, 0.3) is 0 Å². The molecule has 1 rings (SSSR count). The van der Waals surface area contributed by atoms with Crippen molar-refractivity contribution in [3.05, 3.63) is 34.9 Å². The number of hydrogen-bond acceptors (Lipinski definition) is 1. The Kier molecular flexibility index (Phi) is 4.83. The monoisotopic (exact) mass is 224 g/mol. The average molecular weight is 225 g/mol. The van der Waals surface area contributed by atoms with Gasteiger partial charge in [-0.1, -0.05) is 43.6 Å². The van der Waals surface area contributed by atoms with Crippen LogP contribution < -0.4 is 0 Å². The fourth-order valence-corrected chi connectivity index (χ4v) is 2.03. The van der Waals surface area contributed by atoms with E-state index < -0.39 is 0 Å². The molecule has 0 aliphatic carbocycles. The Bertz CT molecular complexity index is 333. The van der Waals surface area contributed by atoms with E-state index >= 15 is 0 Å². The van der Waals surface area contributed by atoms with Crippen LogP contribution in [0.15, 0.2) is 24.3 Å². The number of ketones is 1. The van der Waals surface area contributed by atoms with Crippen molar-refractivity contribution in [3.63, 3.8) is 0 Å². The Morgan fingerprint density at radius 1 is 1.40 bits per heavy atom. The second kappa shape index (κ2) is 5.92. The Balaban J connectivity index is 2.65. The Morgan fingerprint density at radius 3 is 2.67 bits per heavy atom. The number of Topliss-reactive ketones (excluding diaryl/α,β-unsaturated/α-hetero) is 1. The molecule has 0 bridgehead atoms. The van der Waals surface area contributed by atoms with Crippen molar-refractivity contribution in [2.75, 3.05) is 0 Å². The molecule has 1 unspecified atom stereocenters. The molecule has 0 heterocycles. The molecule has 1 nitrogen and oxygen atoms in total. The van der Waals surface area contributed by atoms with E-state index in [4.69, 9.17) is 11.6 Å². The van der Waals surface area contributed by atoms with E-state index in [-0.39, 0.29) is 5.92 Å². The maximum Gasteiger partial charge on any atom is 0.133 e. The van der Waals surface area contributed by atoms with Gasteiger partial charge in [0.05, 0.1) is 0 Å². The van der Waals surface area contributed by atoms with Gasteiger partial charge in [-0.3, -0.25) is 4.79 Å². The molecule has 0 aliphatic rings. The van der Waals surface area contributed by atoms with E-state index in [0.29, 0.717) is 18.6 Å². The highest BCUT2D eigenvalue weighted by Gasteiger charge is 2.12. The average Bonchev–Trinajstić information content (AvgIpc) is 2.18. The maximum atomic E-state index is 11.5. The summed E-state index contributed by atoms with van der Waals surface area (Å²) in [7, 11) is 0. The van der Waals surface area contributed by atoms with E-state index in [1.54, 1.807) is 0 Å². The molecule has 0 spiro atoms. The summed E-state index contributed by atoms with van der Waals surface area (Å²) in [4.78, 5) is 11.5. The van der Waals surface area contributed by atoms with Crippen LogP contribution in [-0.2, 0) is 4.79 Å². The van der Waals surface area contributed by atoms with Crippen LogP contribution in [-0.4, -0.2) is 5.78 Å². The van der Waals surface area contributed by atoms with Crippen molar-refractivity contribution in [3.8, 4) is 0 Å². The lowest BCUT2D eigenvalue weighted by Gasteiger charge is -2.12. The first kappa shape index (κ1) is 12.3. The molecule has 1 atom stereocenters. The number of benzene rings is 1. The molecule has 0 aliphatic heterocycles. The molecule has 82 valence electrons. The zero-order valence-corrected chi connectivity index (χ0v) is 10.1. The predicted octanol–water partition coefficient (Wildman–Crippen LogP) is 4.20. The lowest BCUT2D eigenvalue weighted by molar-refractivity contribution is -0.119. The van der Waals surface area contributed by atoms with Crippen LogP contribution in [0.5, 0.6) is 0 Å². The first-order valence-electron chi connectivity index (χ1n) is 5.41. The topological polar surface area (TPSA) is 17.1 Å². The van der Waals surface area contributed by atoms with Gasteiger partial charge in [0.15, 0.2) is 0 Å². The van der Waals surface area contributed by atoms with Crippen LogP contribution in [0.3, 0.4) is 0 Å². The van der Waals surface area contributed by atoms with E-state index in [9.17, 15) is 4.79 Å². The largest absolute Gasteiger partial charge is 0.300 e. The van der Waals surface area contributed by atoms with E-state index in [0.717, 1.165) is 17.0 Å². The lowest BCUT2D eigenvalue weighted by Crippen LogP contribution is -2.04. The van der Waals surface area contributed by atoms with Crippen LogP contribution in [0.4, 0.5) is 0 Å². The van der Waals surface area contributed by atoms with Gasteiger partial charge in [0.1, 0.15) is 5.78 Å². The van der Waals surface area contributed by atoms with Crippen LogP contribution in [0, 0.1) is 0 Å². The first-order valence-corrected chi connectivity index (χ1v) is 5.79. The quantitative estimate of drug-likeness (QED) is 0.733. The predicted molar refractivity (Wildman–Crippen MR) is 64.4 cm³/mol. The zero-order chi connectivity index (χ0) is 11.3. The fraction of sp³-hybridized carbons (Fsp3) is 0.462. The van der Waals surface area contributed by atoms with E-state index in [1.807, 2.05) is 31.2 Å². The Labute approximate surface area is 96.5 Å². The normalized spacial score (nSPS) is 12.5. The highest BCUT2D eigenvalue weighted by atomic mass is 35.5. The summed E-state index contributed by atoms with van der Waals surface area (Å²) in [5, 5.41) is 0.759. The Morgan fingerprint density at radius 2 is 2.07 bits per heavy atom. The third-order valence-electron chi connectivity index (χ3n) is 2.50. The van der Waals surface area contributed by atoms with Gasteiger partial charge in [-0.05, 0) is 24.0 Å². The van der Waals surface area contributed by atoms with Gasteiger partial charge in [-0.25, -0.2) is 0 Å². The molecule has 0 saturated heterocycles. The fourth-order valence-electron chi connectivity index (χ4n) is 1.71. The number of hydrogen-bond donors (Lipinski definition) is 0. The number of rotatable bonds is 5. The minimum atomic E-state index is 0.220. The highest BCUT2D eigenvalue weighted by Crippen LogP contribution is 2.26. The Hall–Kier alpha value is -0.820. The summed E-state index contributed by atoms with van der Waals surface area (Å²) in [6.45, 7) is 4.08. The SMILES string of the molecule is CCCC(=O)CC(C)c1ccccc1Cl. The van der Waals surface area contributed by atoms with Crippen LogP contribution in [0.1, 0.15) is 44.6 Å². The van der Waals surface area contributed by atoms with Gasteiger partial charge in [0.2, 0.25) is 0 Å². The molecule has 0 fully saturated rings. The molecule has 0 radical (unpaired) electrons. The van der Waals surface area contributed by atoms with Crippen molar-refractivity contribution in [2.45, 2.75) is 39.0 Å². The van der Waals surface area contributed by atoms with Crippen molar-refractivity contribution in [2.24, 2.45) is 0 Å². The van der Waals surface area contributed by atoms with Gasteiger partial charge in [-0.15, -0.1) is 0 Å². The third-order valence-corrected chi connectivity index (χ3v) is 2.84. The second-order valence-electron chi connectivity index (χ2n) is 3.92. The van der Waals surface area contributed by atoms with Gasteiger partial charge >= 0.3 is 0 Å². The van der Waals surface area contributed by atoms with Crippen LogP contribution >= 0.6 is 11.6 Å². The molecular formula is C13H17ClO. The first-order chi connectivity index (χ1) is 7.15. The number of halogens is 1. The van der Waals surface area contributed by atoms with E-state index in [1.165, 1.54) is 0 Å². The minimum Gasteiger partial charge on any atom is -0.300 e. The smallest absolute Gasteiger partial charge is 0.133 e. The summed E-state index contributed by atoms with van der Waals surface area (Å²) >= 11 is 6.07. The van der Waals surface area contributed by atoms with Crippen molar-refractivity contribution >= 4 is 17.4 Å². The zero-order valence-electron chi connectivity index (χ0n) is 9.29. The van der Waals surface area contributed by atoms with Gasteiger partial charge in [0.25, 0.3) is 0 Å². The second-order valence-corrected chi connectivity index (χ2v) is 4.32. The highest BCUT2D eigenvalue weighted by molar-refractivity contribution is 6.31. The summed E-state index contributed by atoms with van der Waals surface area (Å²) in [5.74, 6) is 0.544. The summed E-state index contributed by atoms with van der Waals surface area (Å²) in [5.41, 5.74) is 1.07. The number of carbonyl (C=O) groups is 1. The molecule has 1 aromatic rings. The molecule has 0 N–H and O–H groups in total. The summed E-state index contributed by atoms with van der Waals surface area (Å²) in [6, 6.07) is 7.73. The van der Waals surface area contributed by atoms with Gasteiger partial charge < -0.3 is 0 Å². The molecule has 2 heteroatoms. The minimum absolute atomic E-state index is 0.220. The number of carbonyl (C=O) groups excluding carboxylic acids is 1. The van der Waals surface area contributed by atoms with Crippen molar-refractivity contribution in [1.82, 2.24) is 0 Å². The summed E-state index contributed by atoms with van der Waals surface area (Å²) < 4.78 is 0. The standard InChI is InChI=1S/C13H17ClO/c1-3-6-11(15)9-10(2)12-7-4-5-8-13(12)14/h4-5,7-8,10H,3,6,9H2,1-2H3. The molecule has 1 aromatic carbocycles. The van der Waals surface area contributed by atoms with Gasteiger partial charge in [-0.2, -0.15) is 0 Å². The van der Waals surface area contributed by atoms with Crippen molar-refractivity contribution in [1.29, 1.82) is 0 Å².